The van der Waals surface area contributed by atoms with Crippen molar-refractivity contribution in [3.63, 3.8) is 0 Å². The minimum Gasteiger partial charge on any atom is -0.449 e. The summed E-state index contributed by atoms with van der Waals surface area (Å²) < 4.78 is 24.0. The first-order chi connectivity index (χ1) is 15.3. The van der Waals surface area contributed by atoms with E-state index in [-0.39, 0.29) is 11.3 Å². The predicted octanol–water partition coefficient (Wildman–Crippen LogP) is 4.83. The Hall–Kier alpha value is -4.07. The summed E-state index contributed by atoms with van der Waals surface area (Å²) in [7, 11) is 0. The Morgan fingerprint density at radius 1 is 1.09 bits per heavy atom. The quantitative estimate of drug-likeness (QED) is 0.453. The highest BCUT2D eigenvalue weighted by atomic mass is 19.1. The van der Waals surface area contributed by atoms with Gasteiger partial charge in [0.15, 0.2) is 6.10 Å². The molecule has 0 saturated carbocycles. The number of carbonyl (C=O) groups excluding carboxylic acids is 2. The van der Waals surface area contributed by atoms with Gasteiger partial charge in [-0.25, -0.2) is 14.2 Å². The molecule has 0 aliphatic rings. The van der Waals surface area contributed by atoms with Crippen LogP contribution >= 0.6 is 0 Å². The molecule has 1 N–H and O–H groups in total. The van der Waals surface area contributed by atoms with Crippen LogP contribution in [-0.2, 0) is 9.53 Å². The Labute approximate surface area is 183 Å². The molecule has 2 aromatic carbocycles. The molecule has 0 bridgehead atoms. The van der Waals surface area contributed by atoms with Gasteiger partial charge in [0.1, 0.15) is 5.82 Å². The van der Waals surface area contributed by atoms with Crippen LogP contribution in [0.4, 0.5) is 10.1 Å². The SMILES string of the molecule is Cc1ccccc1NC(=O)C(C)OC(=O)c1cc(-c2ccc(F)cc2)nc2onc(C)c12. The Morgan fingerprint density at radius 3 is 2.53 bits per heavy atom. The third-order valence-corrected chi connectivity index (χ3v) is 5.03. The van der Waals surface area contributed by atoms with E-state index < -0.39 is 23.8 Å². The number of aromatic nitrogens is 2. The molecule has 4 rings (SSSR count). The molecular formula is C24H20FN3O4. The van der Waals surface area contributed by atoms with E-state index in [2.05, 4.69) is 15.5 Å². The van der Waals surface area contributed by atoms with Gasteiger partial charge >= 0.3 is 5.97 Å². The molecule has 7 nitrogen and oxygen atoms in total. The summed E-state index contributed by atoms with van der Waals surface area (Å²) in [5.74, 6) is -1.57. The summed E-state index contributed by atoms with van der Waals surface area (Å²) in [6.07, 6.45) is -1.06. The van der Waals surface area contributed by atoms with E-state index >= 15 is 0 Å². The summed E-state index contributed by atoms with van der Waals surface area (Å²) >= 11 is 0. The highest BCUT2D eigenvalue weighted by Crippen LogP contribution is 2.28. The van der Waals surface area contributed by atoms with Crippen molar-refractivity contribution in [1.29, 1.82) is 0 Å². The number of para-hydroxylation sites is 1. The molecule has 4 aromatic rings. The number of nitrogens with zero attached hydrogens (tertiary/aromatic N) is 2. The van der Waals surface area contributed by atoms with Crippen LogP contribution in [0.15, 0.2) is 59.1 Å². The van der Waals surface area contributed by atoms with E-state index in [0.717, 1.165) is 5.56 Å². The van der Waals surface area contributed by atoms with Crippen LogP contribution in [-0.4, -0.2) is 28.1 Å². The minimum absolute atomic E-state index is 0.147. The van der Waals surface area contributed by atoms with Crippen LogP contribution < -0.4 is 5.32 Å². The second-order valence-electron chi connectivity index (χ2n) is 7.36. The molecule has 0 spiro atoms. The number of pyridine rings is 1. The van der Waals surface area contributed by atoms with Crippen molar-refractivity contribution in [2.24, 2.45) is 0 Å². The first-order valence-electron chi connectivity index (χ1n) is 9.94. The van der Waals surface area contributed by atoms with Crippen molar-refractivity contribution in [1.82, 2.24) is 10.1 Å². The number of halogens is 1. The van der Waals surface area contributed by atoms with Crippen molar-refractivity contribution in [3.8, 4) is 11.3 Å². The number of fused-ring (bicyclic) bond motifs is 1. The molecule has 8 heteroatoms. The lowest BCUT2D eigenvalue weighted by Gasteiger charge is -2.15. The fourth-order valence-electron chi connectivity index (χ4n) is 3.25. The van der Waals surface area contributed by atoms with Crippen LogP contribution in [0, 0.1) is 19.7 Å². The number of benzene rings is 2. The average molecular weight is 433 g/mol. The van der Waals surface area contributed by atoms with E-state index in [9.17, 15) is 14.0 Å². The summed E-state index contributed by atoms with van der Waals surface area (Å²) in [5.41, 5.74) is 3.26. The van der Waals surface area contributed by atoms with Gasteiger partial charge in [0.2, 0.25) is 0 Å². The number of nitrogens with one attached hydrogen (secondary N) is 1. The van der Waals surface area contributed by atoms with Crippen LogP contribution in [0.5, 0.6) is 0 Å². The van der Waals surface area contributed by atoms with Gasteiger partial charge in [-0.2, -0.15) is 0 Å². The van der Waals surface area contributed by atoms with Crippen LogP contribution in [0.1, 0.15) is 28.5 Å². The maximum absolute atomic E-state index is 13.3. The highest BCUT2D eigenvalue weighted by Gasteiger charge is 2.24. The van der Waals surface area contributed by atoms with E-state index in [1.54, 1.807) is 31.2 Å². The number of carbonyl (C=O) groups is 2. The summed E-state index contributed by atoms with van der Waals surface area (Å²) in [6.45, 7) is 5.03. The zero-order valence-corrected chi connectivity index (χ0v) is 17.7. The van der Waals surface area contributed by atoms with E-state index in [4.69, 9.17) is 9.26 Å². The molecule has 1 amide bonds. The zero-order chi connectivity index (χ0) is 22.8. The Bertz CT molecular complexity index is 1310. The van der Waals surface area contributed by atoms with Crippen LogP contribution in [0.2, 0.25) is 0 Å². The molecule has 2 aromatic heterocycles. The van der Waals surface area contributed by atoms with Crippen molar-refractivity contribution >= 4 is 28.7 Å². The van der Waals surface area contributed by atoms with E-state index in [0.29, 0.717) is 28.0 Å². The number of rotatable bonds is 5. The molecule has 1 atom stereocenters. The summed E-state index contributed by atoms with van der Waals surface area (Å²) in [5, 5.41) is 7.04. The molecule has 2 heterocycles. The summed E-state index contributed by atoms with van der Waals surface area (Å²) in [4.78, 5) is 30.0. The number of amides is 1. The van der Waals surface area contributed by atoms with Crippen molar-refractivity contribution in [2.75, 3.05) is 5.32 Å². The molecule has 0 saturated heterocycles. The third-order valence-electron chi connectivity index (χ3n) is 5.03. The zero-order valence-electron chi connectivity index (χ0n) is 17.7. The molecule has 0 aliphatic carbocycles. The molecule has 1 unspecified atom stereocenters. The topological polar surface area (TPSA) is 94.3 Å². The minimum atomic E-state index is -1.06. The molecule has 0 radical (unpaired) electrons. The Morgan fingerprint density at radius 2 is 1.81 bits per heavy atom. The van der Waals surface area contributed by atoms with Gasteiger partial charge < -0.3 is 14.6 Å². The van der Waals surface area contributed by atoms with E-state index in [1.807, 2.05) is 19.1 Å². The van der Waals surface area contributed by atoms with Gasteiger partial charge in [-0.15, -0.1) is 0 Å². The molecule has 32 heavy (non-hydrogen) atoms. The largest absolute Gasteiger partial charge is 0.449 e. The number of hydrogen-bond donors (Lipinski definition) is 1. The number of hydrogen-bond acceptors (Lipinski definition) is 6. The fraction of sp³-hybridized carbons (Fsp3) is 0.167. The summed E-state index contributed by atoms with van der Waals surface area (Å²) in [6, 6.07) is 14.5. The van der Waals surface area contributed by atoms with Gasteiger partial charge in [0.25, 0.3) is 11.6 Å². The maximum Gasteiger partial charge on any atom is 0.339 e. The number of anilines is 1. The lowest BCUT2D eigenvalue weighted by atomic mass is 10.1. The van der Waals surface area contributed by atoms with Crippen molar-refractivity contribution < 1.29 is 23.2 Å². The second-order valence-corrected chi connectivity index (χ2v) is 7.36. The molecule has 0 fully saturated rings. The predicted molar refractivity (Wildman–Crippen MR) is 117 cm³/mol. The lowest BCUT2D eigenvalue weighted by Crippen LogP contribution is -2.30. The average Bonchev–Trinajstić information content (AvgIpc) is 3.16. The van der Waals surface area contributed by atoms with Crippen LogP contribution in [0.25, 0.3) is 22.4 Å². The number of aryl methyl sites for hydroxylation is 2. The number of ether oxygens (including phenoxy) is 1. The standard InChI is InChI=1S/C24H20FN3O4/c1-13-6-4-5-7-19(13)26-22(29)15(3)31-24(30)18-12-20(16-8-10-17(25)11-9-16)27-23-21(18)14(2)28-32-23/h4-12,15H,1-3H3,(H,26,29). The van der Waals surface area contributed by atoms with Crippen LogP contribution in [0.3, 0.4) is 0 Å². The molecule has 0 aliphatic heterocycles. The van der Waals surface area contributed by atoms with Crippen molar-refractivity contribution in [3.05, 3.63) is 77.2 Å². The van der Waals surface area contributed by atoms with E-state index in [1.165, 1.54) is 25.1 Å². The van der Waals surface area contributed by atoms with Gasteiger partial charge in [-0.05, 0) is 62.7 Å². The Balaban J connectivity index is 1.62. The van der Waals surface area contributed by atoms with Gasteiger partial charge in [-0.1, -0.05) is 23.4 Å². The first kappa shape index (κ1) is 21.2. The fourth-order valence-corrected chi connectivity index (χ4v) is 3.25. The maximum atomic E-state index is 13.3. The highest BCUT2D eigenvalue weighted by molar-refractivity contribution is 6.05. The monoisotopic (exact) mass is 433 g/mol. The normalized spacial score (nSPS) is 11.9. The van der Waals surface area contributed by atoms with Gasteiger partial charge in [-0.3, -0.25) is 4.79 Å². The smallest absolute Gasteiger partial charge is 0.339 e. The first-order valence-corrected chi connectivity index (χ1v) is 9.94. The van der Waals surface area contributed by atoms with Crippen molar-refractivity contribution in [2.45, 2.75) is 26.9 Å². The lowest BCUT2D eigenvalue weighted by molar-refractivity contribution is -0.123. The second kappa shape index (κ2) is 8.58. The Kier molecular flexibility index (Phi) is 5.68. The van der Waals surface area contributed by atoms with Gasteiger partial charge in [0, 0.05) is 11.3 Å². The molecular weight excluding hydrogens is 413 g/mol. The molecule has 162 valence electrons. The number of esters is 1. The van der Waals surface area contributed by atoms with Gasteiger partial charge in [0.05, 0.1) is 22.3 Å². The third kappa shape index (κ3) is 4.20.